The van der Waals surface area contributed by atoms with Crippen molar-refractivity contribution >= 4 is 17.9 Å². The van der Waals surface area contributed by atoms with Crippen molar-refractivity contribution in [2.45, 2.75) is 252 Å². The van der Waals surface area contributed by atoms with Gasteiger partial charge in [-0.2, -0.15) is 0 Å². The molecule has 64 heavy (non-hydrogen) atoms. The largest absolute Gasteiger partial charge is 0.462 e. The molecule has 0 radical (unpaired) electrons. The Hall–Kier alpha value is -3.41. The summed E-state index contributed by atoms with van der Waals surface area (Å²) in [5.41, 5.74) is 0. The first-order valence-electron chi connectivity index (χ1n) is 26.6. The predicted molar refractivity (Wildman–Crippen MR) is 274 cm³/mol. The summed E-state index contributed by atoms with van der Waals surface area (Å²) in [7, 11) is 0. The quantitative estimate of drug-likeness (QED) is 0.0262. The number of carbonyl (C=O) groups is 3. The molecular formula is C58H98O6. The van der Waals surface area contributed by atoms with Gasteiger partial charge in [0.15, 0.2) is 6.10 Å². The molecule has 0 bridgehead atoms. The molecular weight excluding hydrogens is 793 g/mol. The van der Waals surface area contributed by atoms with Gasteiger partial charge in [0.05, 0.1) is 0 Å². The Bertz CT molecular complexity index is 1250. The molecule has 0 saturated heterocycles. The SMILES string of the molecule is CC/C=C\C/C=C\C/C=C\C/C=C\C/C=C\C/C=C\CCCCCCC(=O)OCC(COC(=O)CCCCCCCCCCC)OC(=O)CCCCCCC/C=C\CCCCCCC. The number of esters is 3. The van der Waals surface area contributed by atoms with Crippen LogP contribution in [0.25, 0.3) is 0 Å². The number of ether oxygens (including phenoxy) is 3. The maximum absolute atomic E-state index is 12.8. The molecule has 366 valence electrons. The molecule has 0 aromatic heterocycles. The zero-order chi connectivity index (χ0) is 46.5. The minimum absolute atomic E-state index is 0.0872. The van der Waals surface area contributed by atoms with Crippen LogP contribution in [0.5, 0.6) is 0 Å². The Labute approximate surface area is 395 Å². The van der Waals surface area contributed by atoms with Crippen LogP contribution < -0.4 is 0 Å². The highest BCUT2D eigenvalue weighted by Gasteiger charge is 2.19. The molecule has 6 heteroatoms. The van der Waals surface area contributed by atoms with Crippen molar-refractivity contribution < 1.29 is 28.6 Å². The minimum Gasteiger partial charge on any atom is -0.462 e. The fourth-order valence-corrected chi connectivity index (χ4v) is 7.15. The lowest BCUT2D eigenvalue weighted by Gasteiger charge is -2.18. The van der Waals surface area contributed by atoms with Gasteiger partial charge >= 0.3 is 17.9 Å². The summed E-state index contributed by atoms with van der Waals surface area (Å²) in [6, 6.07) is 0. The van der Waals surface area contributed by atoms with Crippen molar-refractivity contribution in [3.8, 4) is 0 Å². The molecule has 0 heterocycles. The van der Waals surface area contributed by atoms with Crippen LogP contribution in [0.1, 0.15) is 245 Å². The van der Waals surface area contributed by atoms with Crippen LogP contribution in [0.3, 0.4) is 0 Å². The Morgan fingerprint density at radius 3 is 0.969 bits per heavy atom. The van der Waals surface area contributed by atoms with Crippen LogP contribution in [0.4, 0.5) is 0 Å². The van der Waals surface area contributed by atoms with Crippen LogP contribution >= 0.6 is 0 Å². The molecule has 0 spiro atoms. The van der Waals surface area contributed by atoms with Gasteiger partial charge in [-0.3, -0.25) is 14.4 Å². The van der Waals surface area contributed by atoms with Gasteiger partial charge in [-0.25, -0.2) is 0 Å². The maximum Gasteiger partial charge on any atom is 0.306 e. The molecule has 1 atom stereocenters. The lowest BCUT2D eigenvalue weighted by atomic mass is 10.1. The van der Waals surface area contributed by atoms with E-state index in [0.717, 1.165) is 122 Å². The summed E-state index contributed by atoms with van der Waals surface area (Å²) >= 11 is 0. The highest BCUT2D eigenvalue weighted by molar-refractivity contribution is 5.71. The second kappa shape index (κ2) is 52.2. The van der Waals surface area contributed by atoms with Gasteiger partial charge in [-0.1, -0.05) is 215 Å². The molecule has 0 fully saturated rings. The Balaban J connectivity index is 4.35. The fraction of sp³-hybridized carbons (Fsp3) is 0.707. The lowest BCUT2D eigenvalue weighted by molar-refractivity contribution is -0.167. The van der Waals surface area contributed by atoms with Crippen molar-refractivity contribution in [3.05, 3.63) is 85.1 Å². The molecule has 0 rings (SSSR count). The molecule has 0 aromatic rings. The number of allylic oxidation sites excluding steroid dienone is 14. The molecule has 6 nitrogen and oxygen atoms in total. The molecule has 0 aliphatic heterocycles. The number of rotatable bonds is 47. The minimum atomic E-state index is -0.789. The van der Waals surface area contributed by atoms with Crippen molar-refractivity contribution in [1.82, 2.24) is 0 Å². The fourth-order valence-electron chi connectivity index (χ4n) is 7.15. The Morgan fingerprint density at radius 1 is 0.328 bits per heavy atom. The van der Waals surface area contributed by atoms with Crippen molar-refractivity contribution in [2.75, 3.05) is 13.2 Å². The maximum atomic E-state index is 12.8. The summed E-state index contributed by atoms with van der Waals surface area (Å²) < 4.78 is 16.7. The van der Waals surface area contributed by atoms with Crippen LogP contribution in [0, 0.1) is 0 Å². The molecule has 0 aromatic carbocycles. The molecule has 0 aliphatic rings. The van der Waals surface area contributed by atoms with E-state index in [2.05, 4.69) is 106 Å². The Kier molecular flexibility index (Phi) is 49.4. The van der Waals surface area contributed by atoms with Gasteiger partial charge in [0.25, 0.3) is 0 Å². The zero-order valence-corrected chi connectivity index (χ0v) is 41.8. The number of unbranched alkanes of at least 4 members (excludes halogenated alkanes) is 22. The van der Waals surface area contributed by atoms with E-state index in [0.29, 0.717) is 19.3 Å². The standard InChI is InChI=1S/C58H98O6/c1-4-7-10-13-16-19-21-23-25-26-27-28-29-30-31-32-33-35-36-39-42-45-48-51-57(60)63-54-55(53-62-56(59)50-47-44-41-38-18-15-12-9-6-3)64-58(61)52-49-46-43-40-37-34-24-22-20-17-14-11-8-5-2/h7,10,16,19,22-25,27-28,30-31,33,35,55H,4-6,8-9,11-15,17-18,20-21,26,29,32,34,36-54H2,1-3H3/b10-7-,19-16-,24-22-,25-23-,28-27-,31-30-,35-33-. The monoisotopic (exact) mass is 891 g/mol. The predicted octanol–water partition coefficient (Wildman–Crippen LogP) is 17.6. The van der Waals surface area contributed by atoms with Crippen LogP contribution in [-0.4, -0.2) is 37.2 Å². The third kappa shape index (κ3) is 49.6. The lowest BCUT2D eigenvalue weighted by Crippen LogP contribution is -2.30. The van der Waals surface area contributed by atoms with Crippen molar-refractivity contribution in [2.24, 2.45) is 0 Å². The Morgan fingerprint density at radius 2 is 0.609 bits per heavy atom. The van der Waals surface area contributed by atoms with Crippen LogP contribution in [0.15, 0.2) is 85.1 Å². The van der Waals surface area contributed by atoms with Crippen LogP contribution in [0.2, 0.25) is 0 Å². The third-order valence-corrected chi connectivity index (χ3v) is 11.1. The summed E-state index contributed by atoms with van der Waals surface area (Å²) in [6.07, 6.45) is 67.1. The number of hydrogen-bond donors (Lipinski definition) is 0. The molecule has 0 amide bonds. The van der Waals surface area contributed by atoms with Gasteiger partial charge in [-0.15, -0.1) is 0 Å². The van der Waals surface area contributed by atoms with Gasteiger partial charge < -0.3 is 14.2 Å². The number of hydrogen-bond acceptors (Lipinski definition) is 6. The normalized spacial score (nSPS) is 12.7. The van der Waals surface area contributed by atoms with E-state index in [1.54, 1.807) is 0 Å². The summed E-state index contributed by atoms with van der Waals surface area (Å²) in [5.74, 6) is -0.924. The number of carbonyl (C=O) groups excluding carboxylic acids is 3. The molecule has 0 saturated carbocycles. The molecule has 0 N–H and O–H groups in total. The third-order valence-electron chi connectivity index (χ3n) is 11.1. The van der Waals surface area contributed by atoms with Crippen LogP contribution in [-0.2, 0) is 28.6 Å². The average molecular weight is 891 g/mol. The summed E-state index contributed by atoms with van der Waals surface area (Å²) in [4.78, 5) is 37.9. The van der Waals surface area contributed by atoms with E-state index in [1.165, 1.54) is 83.5 Å². The average Bonchev–Trinajstić information content (AvgIpc) is 3.29. The first-order chi connectivity index (χ1) is 31.5. The molecule has 1 unspecified atom stereocenters. The smallest absolute Gasteiger partial charge is 0.306 e. The van der Waals surface area contributed by atoms with E-state index in [9.17, 15) is 14.4 Å². The van der Waals surface area contributed by atoms with Gasteiger partial charge in [0.1, 0.15) is 13.2 Å². The summed E-state index contributed by atoms with van der Waals surface area (Å²) in [6.45, 7) is 6.46. The van der Waals surface area contributed by atoms with Crippen molar-refractivity contribution in [3.63, 3.8) is 0 Å². The van der Waals surface area contributed by atoms with E-state index in [4.69, 9.17) is 14.2 Å². The van der Waals surface area contributed by atoms with Gasteiger partial charge in [0.2, 0.25) is 0 Å². The van der Waals surface area contributed by atoms with Crippen molar-refractivity contribution in [1.29, 1.82) is 0 Å². The van der Waals surface area contributed by atoms with E-state index in [-0.39, 0.29) is 31.1 Å². The van der Waals surface area contributed by atoms with E-state index < -0.39 is 6.10 Å². The second-order valence-corrected chi connectivity index (χ2v) is 17.4. The highest BCUT2D eigenvalue weighted by atomic mass is 16.6. The van der Waals surface area contributed by atoms with E-state index >= 15 is 0 Å². The van der Waals surface area contributed by atoms with Gasteiger partial charge in [-0.05, 0) is 96.3 Å². The van der Waals surface area contributed by atoms with E-state index in [1.807, 2.05) is 0 Å². The topological polar surface area (TPSA) is 78.9 Å². The molecule has 0 aliphatic carbocycles. The highest BCUT2D eigenvalue weighted by Crippen LogP contribution is 2.14. The first-order valence-corrected chi connectivity index (χ1v) is 26.6. The summed E-state index contributed by atoms with van der Waals surface area (Å²) in [5, 5.41) is 0. The first kappa shape index (κ1) is 60.6. The second-order valence-electron chi connectivity index (χ2n) is 17.4. The zero-order valence-electron chi connectivity index (χ0n) is 41.8. The van der Waals surface area contributed by atoms with Gasteiger partial charge in [0, 0.05) is 19.3 Å².